The van der Waals surface area contributed by atoms with Gasteiger partial charge in [-0.05, 0) is 13.8 Å². The molecule has 1 aromatic rings. The van der Waals surface area contributed by atoms with E-state index in [1.54, 1.807) is 11.3 Å². The Kier molecular flexibility index (Phi) is 1.34. The lowest BCUT2D eigenvalue weighted by Gasteiger charge is -1.77. The molecule has 0 atom stereocenters. The van der Waals surface area contributed by atoms with E-state index in [0.717, 1.165) is 10.7 Å². The molecule has 1 heterocycles. The van der Waals surface area contributed by atoms with Crippen LogP contribution in [-0.4, -0.2) is 4.98 Å². The molecule has 8 heavy (non-hydrogen) atoms. The van der Waals surface area contributed by atoms with E-state index in [1.807, 2.05) is 6.92 Å². The van der Waals surface area contributed by atoms with Gasteiger partial charge in [0.25, 0.3) is 0 Å². The molecule has 1 radical (unpaired) electrons. The predicted octanol–water partition coefficient (Wildman–Crippen LogP) is 1.94. The minimum atomic E-state index is 0.917. The molecule has 0 aliphatic heterocycles. The highest BCUT2D eigenvalue weighted by Gasteiger charge is 1.95. The zero-order valence-corrected chi connectivity index (χ0v) is 5.88. The van der Waals surface area contributed by atoms with Crippen molar-refractivity contribution in [3.05, 3.63) is 22.5 Å². The highest BCUT2D eigenvalue weighted by atomic mass is 32.1. The van der Waals surface area contributed by atoms with Crippen LogP contribution in [0.2, 0.25) is 0 Å². The van der Waals surface area contributed by atoms with Crippen LogP contribution in [0.4, 0.5) is 0 Å². The fourth-order valence-corrected chi connectivity index (χ4v) is 1.27. The molecule has 1 nitrogen and oxygen atoms in total. The van der Waals surface area contributed by atoms with Crippen LogP contribution in [0.15, 0.2) is 0 Å². The first-order valence-corrected chi connectivity index (χ1v) is 3.28. The second-order valence-electron chi connectivity index (χ2n) is 1.75. The Labute approximate surface area is 53.4 Å². The minimum Gasteiger partial charge on any atom is -0.246 e. The number of aromatic nitrogens is 1. The summed E-state index contributed by atoms with van der Waals surface area (Å²) < 4.78 is 0. The van der Waals surface area contributed by atoms with Crippen LogP contribution in [0.1, 0.15) is 15.6 Å². The first kappa shape index (κ1) is 5.76. The normalized spacial score (nSPS) is 9.88. The quantitative estimate of drug-likeness (QED) is 0.517. The van der Waals surface area contributed by atoms with E-state index in [1.165, 1.54) is 4.88 Å². The fraction of sp³-hybridized carbons (Fsp3) is 0.333. The SMILES string of the molecule is [CH2]c1nc(C)c(C)s1. The molecule has 1 aromatic heterocycles. The van der Waals surface area contributed by atoms with Gasteiger partial charge in [0.15, 0.2) is 0 Å². The van der Waals surface area contributed by atoms with Crippen LogP contribution >= 0.6 is 11.3 Å². The zero-order valence-electron chi connectivity index (χ0n) is 5.06. The summed E-state index contributed by atoms with van der Waals surface area (Å²) in [6.07, 6.45) is 0. The van der Waals surface area contributed by atoms with Gasteiger partial charge in [-0.3, -0.25) is 0 Å². The Bertz CT molecular complexity index is 171. The maximum Gasteiger partial charge on any atom is 0.0935 e. The van der Waals surface area contributed by atoms with Crippen LogP contribution in [0, 0.1) is 20.8 Å². The molecular formula is C6H8NS. The van der Waals surface area contributed by atoms with Crippen molar-refractivity contribution in [1.82, 2.24) is 4.98 Å². The lowest BCUT2D eigenvalue weighted by molar-refractivity contribution is 1.21. The zero-order chi connectivity index (χ0) is 6.15. The highest BCUT2D eigenvalue weighted by molar-refractivity contribution is 7.11. The lowest BCUT2D eigenvalue weighted by Crippen LogP contribution is -1.71. The maximum absolute atomic E-state index is 4.12. The summed E-state index contributed by atoms with van der Waals surface area (Å²) in [5.74, 6) is 0. The molecule has 0 aliphatic rings. The van der Waals surface area contributed by atoms with Gasteiger partial charge in [-0.2, -0.15) is 0 Å². The molecule has 0 aliphatic carbocycles. The number of nitrogens with zero attached hydrogens (tertiary/aromatic N) is 1. The monoisotopic (exact) mass is 126 g/mol. The van der Waals surface area contributed by atoms with E-state index in [9.17, 15) is 0 Å². The van der Waals surface area contributed by atoms with E-state index in [0.29, 0.717) is 0 Å². The molecule has 0 N–H and O–H groups in total. The Morgan fingerprint density at radius 3 is 2.25 bits per heavy atom. The number of hydrogen-bond donors (Lipinski definition) is 0. The summed E-state index contributed by atoms with van der Waals surface area (Å²) in [5.41, 5.74) is 1.11. The second-order valence-corrected chi connectivity index (χ2v) is 3.04. The maximum atomic E-state index is 4.12. The molecule has 43 valence electrons. The van der Waals surface area contributed by atoms with Crippen LogP contribution in [0.25, 0.3) is 0 Å². The van der Waals surface area contributed by atoms with Crippen molar-refractivity contribution in [3.8, 4) is 0 Å². The number of rotatable bonds is 0. The summed E-state index contributed by atoms with van der Waals surface area (Å²) in [4.78, 5) is 5.39. The summed E-state index contributed by atoms with van der Waals surface area (Å²) in [6.45, 7) is 7.77. The number of aryl methyl sites for hydroxylation is 2. The first-order chi connectivity index (χ1) is 3.70. The van der Waals surface area contributed by atoms with Crippen molar-refractivity contribution in [3.63, 3.8) is 0 Å². The first-order valence-electron chi connectivity index (χ1n) is 2.46. The van der Waals surface area contributed by atoms with E-state index in [4.69, 9.17) is 0 Å². The van der Waals surface area contributed by atoms with Gasteiger partial charge in [-0.25, -0.2) is 4.98 Å². The number of hydrogen-bond acceptors (Lipinski definition) is 2. The van der Waals surface area contributed by atoms with E-state index in [-0.39, 0.29) is 0 Å². The third-order valence-electron chi connectivity index (χ3n) is 1.07. The summed E-state index contributed by atoms with van der Waals surface area (Å²) in [7, 11) is 0. The van der Waals surface area contributed by atoms with Crippen molar-refractivity contribution < 1.29 is 0 Å². The molecule has 2 heteroatoms. The average molecular weight is 126 g/mol. The van der Waals surface area contributed by atoms with Crippen molar-refractivity contribution in [2.24, 2.45) is 0 Å². The van der Waals surface area contributed by atoms with Gasteiger partial charge in [-0.15, -0.1) is 11.3 Å². The average Bonchev–Trinajstić information content (AvgIpc) is 1.85. The van der Waals surface area contributed by atoms with Gasteiger partial charge < -0.3 is 0 Å². The largest absolute Gasteiger partial charge is 0.246 e. The predicted molar refractivity (Wildman–Crippen MR) is 36.0 cm³/mol. The Balaban J connectivity index is 3.14. The van der Waals surface area contributed by atoms with Crippen molar-refractivity contribution in [2.45, 2.75) is 13.8 Å². The third-order valence-corrected chi connectivity index (χ3v) is 2.00. The van der Waals surface area contributed by atoms with Crippen molar-refractivity contribution in [1.29, 1.82) is 0 Å². The Morgan fingerprint density at radius 1 is 1.50 bits per heavy atom. The van der Waals surface area contributed by atoms with E-state index >= 15 is 0 Å². The van der Waals surface area contributed by atoms with Crippen LogP contribution in [-0.2, 0) is 0 Å². The smallest absolute Gasteiger partial charge is 0.0935 e. The topological polar surface area (TPSA) is 12.9 Å². The second kappa shape index (κ2) is 1.86. The molecule has 1 rings (SSSR count). The molecule has 0 saturated heterocycles. The summed E-state index contributed by atoms with van der Waals surface area (Å²) in [5, 5.41) is 0.917. The van der Waals surface area contributed by atoms with Crippen molar-refractivity contribution >= 4 is 11.3 Å². The van der Waals surface area contributed by atoms with Gasteiger partial charge in [0, 0.05) is 11.8 Å². The molecule has 0 bridgehead atoms. The standard InChI is InChI=1S/C6H8NS/c1-4-5(2)8-6(3)7-4/h3H2,1-2H3. The van der Waals surface area contributed by atoms with Crippen molar-refractivity contribution in [2.75, 3.05) is 0 Å². The molecule has 0 amide bonds. The molecule has 0 spiro atoms. The van der Waals surface area contributed by atoms with E-state index in [2.05, 4.69) is 18.8 Å². The lowest BCUT2D eigenvalue weighted by atomic mass is 10.4. The Hall–Kier alpha value is -0.370. The number of thiazole rings is 1. The van der Waals surface area contributed by atoms with Crippen LogP contribution < -0.4 is 0 Å². The molecular weight excluding hydrogens is 118 g/mol. The van der Waals surface area contributed by atoms with Crippen LogP contribution in [0.5, 0.6) is 0 Å². The van der Waals surface area contributed by atoms with Crippen LogP contribution in [0.3, 0.4) is 0 Å². The molecule has 0 fully saturated rings. The minimum absolute atomic E-state index is 0.917. The highest BCUT2D eigenvalue weighted by Crippen LogP contribution is 2.14. The summed E-state index contributed by atoms with van der Waals surface area (Å²) >= 11 is 1.65. The van der Waals surface area contributed by atoms with E-state index < -0.39 is 0 Å². The molecule has 0 saturated carbocycles. The fourth-order valence-electron chi connectivity index (χ4n) is 0.539. The van der Waals surface area contributed by atoms with Gasteiger partial charge in [0.05, 0.1) is 10.7 Å². The van der Waals surface area contributed by atoms with Gasteiger partial charge in [0.2, 0.25) is 0 Å². The Morgan fingerprint density at radius 2 is 2.12 bits per heavy atom. The summed E-state index contributed by atoms with van der Waals surface area (Å²) in [6, 6.07) is 0. The van der Waals surface area contributed by atoms with Gasteiger partial charge in [-0.1, -0.05) is 0 Å². The third kappa shape index (κ3) is 0.892. The van der Waals surface area contributed by atoms with Gasteiger partial charge >= 0.3 is 0 Å². The molecule has 0 aromatic carbocycles. The molecule has 0 unspecified atom stereocenters. The van der Waals surface area contributed by atoms with Gasteiger partial charge in [0.1, 0.15) is 0 Å².